The van der Waals surface area contributed by atoms with Crippen molar-refractivity contribution in [2.75, 3.05) is 6.54 Å². The lowest BCUT2D eigenvalue weighted by atomic mass is 9.88. The number of phenols is 1. The fourth-order valence-electron chi connectivity index (χ4n) is 3.53. The maximum Gasteiger partial charge on any atom is 0.307 e. The molecule has 1 aromatic carbocycles. The van der Waals surface area contributed by atoms with E-state index in [1.165, 1.54) is 12.1 Å². The van der Waals surface area contributed by atoms with Gasteiger partial charge < -0.3 is 15.1 Å². The van der Waals surface area contributed by atoms with Crippen molar-refractivity contribution < 1.29 is 19.8 Å². The molecule has 1 amide bonds. The van der Waals surface area contributed by atoms with Crippen molar-refractivity contribution in [2.24, 2.45) is 5.92 Å². The SMILES string of the molecule is O=C(O)C1CC(=O)N2CC(c3c(O)ccc(Cl)c3Cl)CC2C1. The fourth-order valence-corrected chi connectivity index (χ4v) is 4.01. The van der Waals surface area contributed by atoms with Crippen LogP contribution in [0.15, 0.2) is 12.1 Å². The van der Waals surface area contributed by atoms with E-state index in [9.17, 15) is 14.7 Å². The van der Waals surface area contributed by atoms with Gasteiger partial charge >= 0.3 is 5.97 Å². The van der Waals surface area contributed by atoms with Crippen LogP contribution in [0.3, 0.4) is 0 Å². The largest absolute Gasteiger partial charge is 0.508 e. The van der Waals surface area contributed by atoms with Crippen molar-refractivity contribution in [2.45, 2.75) is 31.2 Å². The van der Waals surface area contributed by atoms with E-state index in [0.29, 0.717) is 35.0 Å². The Balaban J connectivity index is 1.88. The Bertz CT molecular complexity index is 649. The minimum atomic E-state index is -0.930. The number of aliphatic carboxylic acids is 1. The van der Waals surface area contributed by atoms with Crippen LogP contribution in [0.2, 0.25) is 10.0 Å². The zero-order valence-corrected chi connectivity index (χ0v) is 13.1. The van der Waals surface area contributed by atoms with Crippen LogP contribution in [-0.2, 0) is 9.59 Å². The zero-order valence-electron chi connectivity index (χ0n) is 11.6. The second-order valence-corrected chi connectivity index (χ2v) is 6.69. The number of hydrogen-bond acceptors (Lipinski definition) is 3. The van der Waals surface area contributed by atoms with Crippen LogP contribution in [0, 0.1) is 5.92 Å². The Morgan fingerprint density at radius 3 is 2.68 bits per heavy atom. The number of carboxylic acids is 1. The lowest BCUT2D eigenvalue weighted by Gasteiger charge is -2.32. The van der Waals surface area contributed by atoms with Gasteiger partial charge in [0, 0.05) is 30.5 Å². The smallest absolute Gasteiger partial charge is 0.307 e. The Labute approximate surface area is 137 Å². The molecule has 2 saturated heterocycles. The molecule has 118 valence electrons. The number of aromatic hydroxyl groups is 1. The molecule has 2 fully saturated rings. The van der Waals surface area contributed by atoms with E-state index in [2.05, 4.69) is 0 Å². The molecule has 22 heavy (non-hydrogen) atoms. The first kappa shape index (κ1) is 15.4. The highest BCUT2D eigenvalue weighted by atomic mass is 35.5. The average Bonchev–Trinajstić information content (AvgIpc) is 2.87. The molecule has 5 nitrogen and oxygen atoms in total. The Hall–Kier alpha value is -1.46. The van der Waals surface area contributed by atoms with E-state index in [-0.39, 0.29) is 30.0 Å². The summed E-state index contributed by atoms with van der Waals surface area (Å²) in [4.78, 5) is 25.0. The monoisotopic (exact) mass is 343 g/mol. The molecule has 3 unspecified atom stereocenters. The van der Waals surface area contributed by atoms with E-state index in [4.69, 9.17) is 28.3 Å². The fraction of sp³-hybridized carbons (Fsp3) is 0.467. The van der Waals surface area contributed by atoms with Gasteiger partial charge in [-0.25, -0.2) is 0 Å². The number of fused-ring (bicyclic) bond motifs is 1. The molecule has 0 aliphatic carbocycles. The minimum Gasteiger partial charge on any atom is -0.508 e. The van der Waals surface area contributed by atoms with Gasteiger partial charge in [-0.05, 0) is 25.0 Å². The maximum atomic E-state index is 12.1. The molecule has 1 aromatic rings. The summed E-state index contributed by atoms with van der Waals surface area (Å²) in [6.45, 7) is 0.434. The lowest BCUT2D eigenvalue weighted by molar-refractivity contribution is -0.150. The van der Waals surface area contributed by atoms with E-state index < -0.39 is 11.9 Å². The summed E-state index contributed by atoms with van der Waals surface area (Å²) in [6.07, 6.45) is 1.06. The van der Waals surface area contributed by atoms with Gasteiger partial charge in [-0.3, -0.25) is 9.59 Å². The molecular weight excluding hydrogens is 329 g/mol. The molecule has 2 aliphatic heterocycles. The van der Waals surface area contributed by atoms with Gasteiger partial charge in [0.15, 0.2) is 0 Å². The number of halogens is 2. The Morgan fingerprint density at radius 2 is 2.00 bits per heavy atom. The number of benzene rings is 1. The van der Waals surface area contributed by atoms with Gasteiger partial charge in [0.2, 0.25) is 5.91 Å². The summed E-state index contributed by atoms with van der Waals surface area (Å²) in [5.74, 6) is -1.78. The van der Waals surface area contributed by atoms with E-state index >= 15 is 0 Å². The van der Waals surface area contributed by atoms with Gasteiger partial charge in [0.25, 0.3) is 0 Å². The third-order valence-electron chi connectivity index (χ3n) is 4.58. The third-order valence-corrected chi connectivity index (χ3v) is 5.40. The van der Waals surface area contributed by atoms with Crippen LogP contribution in [0.5, 0.6) is 5.75 Å². The van der Waals surface area contributed by atoms with Crippen LogP contribution in [-0.4, -0.2) is 39.6 Å². The maximum absolute atomic E-state index is 12.1. The molecular formula is C15H15Cl2NO4. The highest BCUT2D eigenvalue weighted by Crippen LogP contribution is 2.45. The summed E-state index contributed by atoms with van der Waals surface area (Å²) in [5.41, 5.74) is 0.545. The predicted molar refractivity (Wildman–Crippen MR) is 81.3 cm³/mol. The molecule has 3 rings (SSSR count). The van der Waals surface area contributed by atoms with Crippen LogP contribution in [0.25, 0.3) is 0 Å². The van der Waals surface area contributed by atoms with Crippen molar-refractivity contribution >= 4 is 35.1 Å². The van der Waals surface area contributed by atoms with E-state index in [1.807, 2.05) is 0 Å². The highest BCUT2D eigenvalue weighted by molar-refractivity contribution is 6.42. The second-order valence-electron chi connectivity index (χ2n) is 5.90. The molecule has 2 N–H and O–H groups in total. The standard InChI is InChI=1S/C15H15Cl2NO4/c16-10-1-2-11(19)13(14(10)17)8-4-9-3-7(15(21)22)5-12(20)18(9)6-8/h1-2,7-9,19H,3-6H2,(H,21,22). The average molecular weight is 344 g/mol. The molecule has 0 aromatic heterocycles. The predicted octanol–water partition coefficient (Wildman–Crippen LogP) is 2.88. The minimum absolute atomic E-state index is 0.0355. The molecule has 0 bridgehead atoms. The second kappa shape index (κ2) is 5.63. The first-order valence-corrected chi connectivity index (χ1v) is 7.83. The van der Waals surface area contributed by atoms with Gasteiger partial charge in [0.1, 0.15) is 5.75 Å². The van der Waals surface area contributed by atoms with E-state index in [0.717, 1.165) is 0 Å². The van der Waals surface area contributed by atoms with Crippen molar-refractivity contribution in [1.29, 1.82) is 0 Å². The number of rotatable bonds is 2. The number of carboxylic acid groups (broad SMARTS) is 1. The third kappa shape index (κ3) is 2.52. The molecule has 2 heterocycles. The molecule has 0 saturated carbocycles. The summed E-state index contributed by atoms with van der Waals surface area (Å²) < 4.78 is 0. The lowest BCUT2D eigenvalue weighted by Crippen LogP contribution is -2.44. The highest BCUT2D eigenvalue weighted by Gasteiger charge is 2.44. The molecule has 3 atom stereocenters. The number of carbonyl (C=O) groups excluding carboxylic acids is 1. The number of nitrogens with zero attached hydrogens (tertiary/aromatic N) is 1. The summed E-state index contributed by atoms with van der Waals surface area (Å²) in [6, 6.07) is 2.89. The van der Waals surface area contributed by atoms with Gasteiger partial charge in [0.05, 0.1) is 16.0 Å². The topological polar surface area (TPSA) is 77.8 Å². The first-order valence-electron chi connectivity index (χ1n) is 7.07. The van der Waals surface area contributed by atoms with Crippen LogP contribution < -0.4 is 0 Å². The van der Waals surface area contributed by atoms with Crippen LogP contribution in [0.1, 0.15) is 30.7 Å². The number of amides is 1. The van der Waals surface area contributed by atoms with Crippen LogP contribution >= 0.6 is 23.2 Å². The number of carbonyl (C=O) groups is 2. The van der Waals surface area contributed by atoms with Crippen molar-refractivity contribution in [1.82, 2.24) is 4.90 Å². The van der Waals surface area contributed by atoms with Gasteiger partial charge in [-0.1, -0.05) is 23.2 Å². The van der Waals surface area contributed by atoms with Gasteiger partial charge in [-0.15, -0.1) is 0 Å². The molecule has 2 aliphatic rings. The van der Waals surface area contributed by atoms with E-state index in [1.54, 1.807) is 4.90 Å². The summed E-state index contributed by atoms with van der Waals surface area (Å²) in [7, 11) is 0. The number of piperidine rings is 1. The zero-order chi connectivity index (χ0) is 16.0. The molecule has 0 spiro atoms. The molecule has 7 heteroatoms. The van der Waals surface area contributed by atoms with Crippen molar-refractivity contribution in [3.63, 3.8) is 0 Å². The van der Waals surface area contributed by atoms with Crippen molar-refractivity contribution in [3.8, 4) is 5.75 Å². The van der Waals surface area contributed by atoms with Crippen molar-refractivity contribution in [3.05, 3.63) is 27.7 Å². The molecule has 0 radical (unpaired) electrons. The quantitative estimate of drug-likeness (QED) is 0.865. The van der Waals surface area contributed by atoms with Crippen LogP contribution in [0.4, 0.5) is 0 Å². The normalized spacial score (nSPS) is 27.8. The Morgan fingerprint density at radius 1 is 1.27 bits per heavy atom. The Kier molecular flexibility index (Phi) is 3.95. The first-order chi connectivity index (χ1) is 10.4. The summed E-state index contributed by atoms with van der Waals surface area (Å²) >= 11 is 12.2. The number of hydrogen-bond donors (Lipinski definition) is 2. The van der Waals surface area contributed by atoms with Gasteiger partial charge in [-0.2, -0.15) is 0 Å². The number of phenolic OH excluding ortho intramolecular Hbond substituents is 1. The summed E-state index contributed by atoms with van der Waals surface area (Å²) in [5, 5.41) is 19.9.